The Morgan fingerprint density at radius 2 is 1.89 bits per heavy atom. The molecule has 0 aliphatic rings. The van der Waals surface area contributed by atoms with Crippen LogP contribution in [0.2, 0.25) is 0 Å². The maximum absolute atomic E-state index is 11.5. The molecule has 0 amide bonds. The van der Waals surface area contributed by atoms with Gasteiger partial charge in [-0.2, -0.15) is 13.2 Å². The first-order valence-electron chi connectivity index (χ1n) is 1.87. The van der Waals surface area contributed by atoms with Crippen molar-refractivity contribution in [3.8, 4) is 0 Å². The van der Waals surface area contributed by atoms with E-state index in [-0.39, 0.29) is 0 Å². The Kier molecular flexibility index (Phi) is 3.21. The van der Waals surface area contributed by atoms with Crippen LogP contribution in [0.5, 0.6) is 0 Å². The second-order valence-corrected chi connectivity index (χ2v) is 1.35. The van der Waals surface area contributed by atoms with E-state index >= 15 is 0 Å². The van der Waals surface area contributed by atoms with E-state index < -0.39 is 18.6 Å². The van der Waals surface area contributed by atoms with Crippen LogP contribution in [0.3, 0.4) is 0 Å². The minimum Gasteiger partial charge on any atom is -0.325 e. The minimum atomic E-state index is -4.96. The van der Waals surface area contributed by atoms with E-state index in [1.165, 1.54) is 0 Å². The van der Waals surface area contributed by atoms with Crippen LogP contribution in [0.1, 0.15) is 0 Å². The van der Waals surface area contributed by atoms with Crippen LogP contribution < -0.4 is 0 Å². The zero-order chi connectivity index (χ0) is 7.49. The van der Waals surface area contributed by atoms with E-state index in [2.05, 4.69) is 16.3 Å². The van der Waals surface area contributed by atoms with Gasteiger partial charge in [0.05, 0.1) is 0 Å². The molecule has 1 unspecified atom stereocenters. The molecule has 1 nitrogen and oxygen atoms in total. The van der Waals surface area contributed by atoms with E-state index in [0.717, 1.165) is 0 Å². The summed E-state index contributed by atoms with van der Waals surface area (Å²) in [5.41, 5.74) is 0. The fourth-order valence-electron chi connectivity index (χ4n) is 0.150. The van der Waals surface area contributed by atoms with Crippen LogP contribution in [-0.2, 0) is 4.74 Å². The Balaban J connectivity index is 3.59. The predicted molar refractivity (Wildman–Crippen MR) is 22.8 cm³/mol. The molecular weight excluding hydrogens is 163 g/mol. The summed E-state index contributed by atoms with van der Waals surface area (Å²) in [6.07, 6.45) is -8.23. The fourth-order valence-corrected chi connectivity index (χ4v) is 0.260. The van der Waals surface area contributed by atoms with Gasteiger partial charge in [-0.3, -0.25) is 0 Å². The molecule has 0 N–H and O–H groups in total. The third-order valence-corrected chi connectivity index (χ3v) is 0.593. The van der Waals surface area contributed by atoms with Crippen LogP contribution >= 0.6 is 11.6 Å². The van der Waals surface area contributed by atoms with Gasteiger partial charge in [-0.25, -0.2) is 4.39 Å². The lowest BCUT2D eigenvalue weighted by atomic mass is 10.7. The van der Waals surface area contributed by atoms with Crippen LogP contribution in [0.15, 0.2) is 0 Å². The Morgan fingerprint density at radius 3 is 2.00 bits per heavy atom. The quantitative estimate of drug-likeness (QED) is 0.451. The Labute approximate surface area is 53.5 Å². The zero-order valence-electron chi connectivity index (χ0n) is 4.08. The molecule has 0 rings (SSSR count). The van der Waals surface area contributed by atoms with Crippen LogP contribution in [0.4, 0.5) is 17.6 Å². The number of halogens is 5. The first-order chi connectivity index (χ1) is 3.98. The highest BCUT2D eigenvalue weighted by atomic mass is 35.5. The smallest absolute Gasteiger partial charge is 0.325 e. The Morgan fingerprint density at radius 1 is 1.44 bits per heavy atom. The summed E-state index contributed by atoms with van der Waals surface area (Å²) in [4.78, 5) is 0. The largest absolute Gasteiger partial charge is 0.445 e. The standard InChI is InChI=1S/C3H3ClF4O/c4-1-9-2(5)3(6,7)8/h2H,1H2. The molecule has 1 atom stereocenters. The molecule has 0 aromatic rings. The van der Waals surface area contributed by atoms with E-state index in [1.54, 1.807) is 0 Å². The monoisotopic (exact) mass is 166 g/mol. The molecule has 0 radical (unpaired) electrons. The summed E-state index contributed by atoms with van der Waals surface area (Å²) in [5, 5.41) is 0. The van der Waals surface area contributed by atoms with Crippen molar-refractivity contribution in [2.24, 2.45) is 0 Å². The van der Waals surface area contributed by atoms with Gasteiger partial charge < -0.3 is 4.74 Å². The minimum absolute atomic E-state index is 0.805. The Bertz CT molecular complexity index is 82.4. The summed E-state index contributed by atoms with van der Waals surface area (Å²) in [5.74, 6) is 0. The molecule has 9 heavy (non-hydrogen) atoms. The lowest BCUT2D eigenvalue weighted by Gasteiger charge is -2.09. The second-order valence-electron chi connectivity index (χ2n) is 1.13. The van der Waals surface area contributed by atoms with Crippen LogP contribution in [0.25, 0.3) is 0 Å². The molecule has 0 fully saturated rings. The van der Waals surface area contributed by atoms with Crippen molar-refractivity contribution < 1.29 is 22.3 Å². The van der Waals surface area contributed by atoms with Crippen molar-refractivity contribution in [2.75, 3.05) is 6.07 Å². The molecule has 0 bridgehead atoms. The maximum Gasteiger partial charge on any atom is 0.445 e. The SMILES string of the molecule is FC(OCCl)C(F)(F)F. The molecule has 0 aliphatic carbocycles. The number of hydrogen-bond donors (Lipinski definition) is 0. The van der Waals surface area contributed by atoms with Gasteiger partial charge in [0.15, 0.2) is 0 Å². The highest BCUT2D eigenvalue weighted by molar-refractivity contribution is 6.17. The number of hydrogen-bond acceptors (Lipinski definition) is 1. The predicted octanol–water partition coefficient (Wildman–Crippen LogP) is 2.06. The van der Waals surface area contributed by atoms with Crippen molar-refractivity contribution >= 4 is 11.6 Å². The molecule has 0 aromatic heterocycles. The van der Waals surface area contributed by atoms with E-state index in [0.29, 0.717) is 0 Å². The molecular formula is C3H3ClF4O. The molecule has 0 aliphatic heterocycles. The van der Waals surface area contributed by atoms with Gasteiger partial charge in [0.25, 0.3) is 6.36 Å². The molecule has 0 heterocycles. The van der Waals surface area contributed by atoms with Crippen molar-refractivity contribution in [3.63, 3.8) is 0 Å². The average Bonchev–Trinajstić information content (AvgIpc) is 1.64. The lowest BCUT2D eigenvalue weighted by Crippen LogP contribution is -2.26. The highest BCUT2D eigenvalue weighted by Gasteiger charge is 2.41. The fraction of sp³-hybridized carbons (Fsp3) is 1.00. The molecule has 56 valence electrons. The third-order valence-electron chi connectivity index (χ3n) is 0.467. The van der Waals surface area contributed by atoms with Crippen molar-refractivity contribution in [3.05, 3.63) is 0 Å². The summed E-state index contributed by atoms with van der Waals surface area (Å²) in [6.45, 7) is 0. The third kappa shape index (κ3) is 3.53. The number of ether oxygens (including phenoxy) is 1. The summed E-state index contributed by atoms with van der Waals surface area (Å²) in [7, 11) is 0. The number of alkyl halides is 5. The van der Waals surface area contributed by atoms with Gasteiger partial charge in [0, 0.05) is 0 Å². The second kappa shape index (κ2) is 3.22. The lowest BCUT2D eigenvalue weighted by molar-refractivity contribution is -0.259. The van der Waals surface area contributed by atoms with Crippen molar-refractivity contribution in [1.29, 1.82) is 0 Å². The van der Waals surface area contributed by atoms with E-state index in [1.807, 2.05) is 0 Å². The topological polar surface area (TPSA) is 9.23 Å². The van der Waals surface area contributed by atoms with Crippen LogP contribution in [0, 0.1) is 0 Å². The molecule has 0 spiro atoms. The molecule has 0 saturated heterocycles. The highest BCUT2D eigenvalue weighted by Crippen LogP contribution is 2.23. The van der Waals surface area contributed by atoms with Crippen molar-refractivity contribution in [2.45, 2.75) is 12.5 Å². The Hall–Kier alpha value is -0.0300. The van der Waals surface area contributed by atoms with Gasteiger partial charge >= 0.3 is 6.18 Å². The summed E-state index contributed by atoms with van der Waals surface area (Å²) in [6, 6.07) is -0.805. The molecule has 0 aromatic carbocycles. The first kappa shape index (κ1) is 8.97. The van der Waals surface area contributed by atoms with Crippen molar-refractivity contribution in [1.82, 2.24) is 0 Å². The summed E-state index contributed by atoms with van der Waals surface area (Å²) < 4.78 is 48.1. The van der Waals surface area contributed by atoms with Gasteiger partial charge in [-0.1, -0.05) is 11.6 Å². The van der Waals surface area contributed by atoms with E-state index in [4.69, 9.17) is 0 Å². The van der Waals surface area contributed by atoms with Gasteiger partial charge in [-0.15, -0.1) is 0 Å². The number of rotatable bonds is 2. The molecule has 0 saturated carbocycles. The average molecular weight is 167 g/mol. The molecule has 6 heteroatoms. The van der Waals surface area contributed by atoms with Gasteiger partial charge in [0.1, 0.15) is 6.07 Å². The van der Waals surface area contributed by atoms with E-state index in [9.17, 15) is 17.6 Å². The summed E-state index contributed by atoms with van der Waals surface area (Å²) >= 11 is 4.64. The maximum atomic E-state index is 11.5. The van der Waals surface area contributed by atoms with Gasteiger partial charge in [0.2, 0.25) is 0 Å². The van der Waals surface area contributed by atoms with Crippen LogP contribution in [-0.4, -0.2) is 18.6 Å². The first-order valence-corrected chi connectivity index (χ1v) is 2.40. The normalized spacial score (nSPS) is 15.7. The zero-order valence-corrected chi connectivity index (χ0v) is 4.84. The van der Waals surface area contributed by atoms with Gasteiger partial charge in [-0.05, 0) is 0 Å².